The third-order valence-corrected chi connectivity index (χ3v) is 3.83. The maximum atomic E-state index is 14.0. The van der Waals surface area contributed by atoms with Crippen LogP contribution in [0.1, 0.15) is 18.5 Å². The first-order valence-corrected chi connectivity index (χ1v) is 6.58. The normalized spacial score (nSPS) is 12.4. The van der Waals surface area contributed by atoms with Gasteiger partial charge in [0.15, 0.2) is 0 Å². The van der Waals surface area contributed by atoms with Crippen molar-refractivity contribution in [1.82, 2.24) is 10.3 Å². The van der Waals surface area contributed by atoms with Crippen LogP contribution in [0.15, 0.2) is 52.5 Å². The van der Waals surface area contributed by atoms with Crippen LogP contribution in [0.2, 0.25) is 0 Å². The number of nitrogens with one attached hydrogen (secondary N) is 1. The quantitative estimate of drug-likeness (QED) is 0.910. The van der Waals surface area contributed by atoms with Crippen molar-refractivity contribution in [3.05, 3.63) is 54.0 Å². The van der Waals surface area contributed by atoms with E-state index >= 15 is 0 Å². The van der Waals surface area contributed by atoms with E-state index in [0.29, 0.717) is 4.90 Å². The van der Waals surface area contributed by atoms with Gasteiger partial charge >= 0.3 is 0 Å². The SMILES string of the molecule is CNC(C)c1cccc(F)c1Sc1ccccn1. The summed E-state index contributed by atoms with van der Waals surface area (Å²) in [7, 11) is 1.87. The predicted molar refractivity (Wildman–Crippen MR) is 72.2 cm³/mol. The van der Waals surface area contributed by atoms with Crippen LogP contribution in [0.5, 0.6) is 0 Å². The van der Waals surface area contributed by atoms with Gasteiger partial charge in [0, 0.05) is 12.2 Å². The van der Waals surface area contributed by atoms with Gasteiger partial charge in [-0.1, -0.05) is 30.0 Å². The first-order chi connectivity index (χ1) is 8.72. The minimum absolute atomic E-state index is 0.104. The Hall–Kier alpha value is -1.39. The largest absolute Gasteiger partial charge is 0.313 e. The zero-order valence-corrected chi connectivity index (χ0v) is 11.2. The Morgan fingerprint density at radius 3 is 2.72 bits per heavy atom. The van der Waals surface area contributed by atoms with Crippen molar-refractivity contribution in [1.29, 1.82) is 0 Å². The summed E-state index contributed by atoms with van der Waals surface area (Å²) in [6.07, 6.45) is 1.71. The second-order valence-electron chi connectivity index (χ2n) is 3.94. The summed E-state index contributed by atoms with van der Waals surface area (Å²) in [6.45, 7) is 2.01. The Labute approximate surface area is 111 Å². The highest BCUT2D eigenvalue weighted by Gasteiger charge is 2.14. The molecule has 1 aromatic heterocycles. The molecule has 1 unspecified atom stereocenters. The van der Waals surface area contributed by atoms with Crippen molar-refractivity contribution in [2.45, 2.75) is 22.9 Å². The number of aromatic nitrogens is 1. The molecule has 94 valence electrons. The molecule has 0 fully saturated rings. The highest BCUT2D eigenvalue weighted by atomic mass is 32.2. The van der Waals surface area contributed by atoms with Gasteiger partial charge in [0.25, 0.3) is 0 Å². The molecule has 0 saturated carbocycles. The van der Waals surface area contributed by atoms with Crippen molar-refractivity contribution in [2.75, 3.05) is 7.05 Å². The summed E-state index contributed by atoms with van der Waals surface area (Å²) in [5.74, 6) is -0.203. The van der Waals surface area contributed by atoms with Gasteiger partial charge in [-0.15, -0.1) is 0 Å². The molecule has 0 spiro atoms. The Morgan fingerprint density at radius 2 is 2.06 bits per heavy atom. The van der Waals surface area contributed by atoms with Crippen LogP contribution in [0.3, 0.4) is 0 Å². The molecule has 0 aliphatic heterocycles. The third-order valence-electron chi connectivity index (χ3n) is 2.74. The molecule has 0 radical (unpaired) electrons. The second kappa shape index (κ2) is 5.98. The molecular weight excluding hydrogens is 247 g/mol. The number of halogens is 1. The molecule has 0 aliphatic carbocycles. The van der Waals surface area contributed by atoms with Crippen LogP contribution in [0, 0.1) is 5.82 Å². The lowest BCUT2D eigenvalue weighted by Crippen LogP contribution is -2.13. The van der Waals surface area contributed by atoms with Gasteiger partial charge in [0.2, 0.25) is 0 Å². The van der Waals surface area contributed by atoms with Gasteiger partial charge in [-0.25, -0.2) is 9.37 Å². The van der Waals surface area contributed by atoms with Crippen molar-refractivity contribution in [3.63, 3.8) is 0 Å². The lowest BCUT2D eigenvalue weighted by Gasteiger charge is -2.15. The van der Waals surface area contributed by atoms with Crippen LogP contribution in [0.4, 0.5) is 4.39 Å². The van der Waals surface area contributed by atoms with E-state index in [1.165, 1.54) is 17.8 Å². The van der Waals surface area contributed by atoms with E-state index < -0.39 is 0 Å². The molecule has 4 heteroatoms. The van der Waals surface area contributed by atoms with E-state index in [-0.39, 0.29) is 11.9 Å². The van der Waals surface area contributed by atoms with E-state index in [2.05, 4.69) is 10.3 Å². The van der Waals surface area contributed by atoms with Gasteiger partial charge in [0.1, 0.15) is 10.8 Å². The van der Waals surface area contributed by atoms with Crippen molar-refractivity contribution in [2.24, 2.45) is 0 Å². The van der Waals surface area contributed by atoms with Gasteiger partial charge in [-0.05, 0) is 37.7 Å². The molecule has 18 heavy (non-hydrogen) atoms. The molecule has 0 amide bonds. The smallest absolute Gasteiger partial charge is 0.137 e. The van der Waals surface area contributed by atoms with Crippen LogP contribution >= 0.6 is 11.8 Å². The fraction of sp³-hybridized carbons (Fsp3) is 0.214. The van der Waals surface area contributed by atoms with Crippen molar-refractivity contribution < 1.29 is 4.39 Å². The van der Waals surface area contributed by atoms with Crippen LogP contribution < -0.4 is 5.32 Å². The molecule has 1 aromatic carbocycles. The van der Waals surface area contributed by atoms with Gasteiger partial charge in [-0.2, -0.15) is 0 Å². The molecule has 2 rings (SSSR count). The molecule has 2 aromatic rings. The summed E-state index contributed by atoms with van der Waals surface area (Å²) in [4.78, 5) is 4.85. The van der Waals surface area contributed by atoms with E-state index in [4.69, 9.17) is 0 Å². The number of hydrogen-bond donors (Lipinski definition) is 1. The van der Waals surface area contributed by atoms with Crippen molar-refractivity contribution in [3.8, 4) is 0 Å². The van der Waals surface area contributed by atoms with Crippen molar-refractivity contribution >= 4 is 11.8 Å². The maximum Gasteiger partial charge on any atom is 0.137 e. The number of pyridine rings is 1. The van der Waals surface area contributed by atoms with E-state index in [0.717, 1.165) is 10.6 Å². The minimum Gasteiger partial charge on any atom is -0.313 e. The Morgan fingerprint density at radius 1 is 1.22 bits per heavy atom. The molecule has 1 N–H and O–H groups in total. The molecule has 0 aliphatic rings. The topological polar surface area (TPSA) is 24.9 Å². The molecule has 0 bridgehead atoms. The number of nitrogens with zero attached hydrogens (tertiary/aromatic N) is 1. The van der Waals surface area contributed by atoms with E-state index in [1.807, 2.05) is 38.2 Å². The standard InChI is InChI=1S/C14H15FN2S/c1-10(16-2)11-6-5-7-12(15)14(11)18-13-8-3-4-9-17-13/h3-10,16H,1-2H3. The Bertz CT molecular complexity index is 516. The molecule has 1 heterocycles. The first kappa shape index (κ1) is 13.1. The van der Waals surface area contributed by atoms with Crippen LogP contribution in [0.25, 0.3) is 0 Å². The average molecular weight is 262 g/mol. The summed E-state index contributed by atoms with van der Waals surface area (Å²) < 4.78 is 14.0. The maximum absolute atomic E-state index is 14.0. The number of hydrogen-bond acceptors (Lipinski definition) is 3. The highest BCUT2D eigenvalue weighted by molar-refractivity contribution is 7.99. The summed E-state index contributed by atoms with van der Waals surface area (Å²) in [6, 6.07) is 10.9. The third kappa shape index (κ3) is 2.89. The average Bonchev–Trinajstić information content (AvgIpc) is 2.41. The fourth-order valence-electron chi connectivity index (χ4n) is 1.64. The lowest BCUT2D eigenvalue weighted by atomic mass is 10.1. The Balaban J connectivity index is 2.37. The van der Waals surface area contributed by atoms with Crippen LogP contribution in [-0.4, -0.2) is 12.0 Å². The van der Waals surface area contributed by atoms with Gasteiger partial charge in [-0.3, -0.25) is 0 Å². The second-order valence-corrected chi connectivity index (χ2v) is 4.97. The monoisotopic (exact) mass is 262 g/mol. The number of rotatable bonds is 4. The molecular formula is C14H15FN2S. The summed E-state index contributed by atoms with van der Waals surface area (Å²) >= 11 is 1.36. The summed E-state index contributed by atoms with van der Waals surface area (Å²) in [5.41, 5.74) is 0.952. The zero-order valence-electron chi connectivity index (χ0n) is 10.4. The number of benzene rings is 1. The van der Waals surface area contributed by atoms with Crippen LogP contribution in [-0.2, 0) is 0 Å². The zero-order chi connectivity index (χ0) is 13.0. The molecule has 0 saturated heterocycles. The fourth-order valence-corrected chi connectivity index (χ4v) is 2.64. The summed E-state index contributed by atoms with van der Waals surface area (Å²) in [5, 5.41) is 3.93. The predicted octanol–water partition coefficient (Wildman–Crippen LogP) is 3.65. The van der Waals surface area contributed by atoms with Gasteiger partial charge < -0.3 is 5.32 Å². The van der Waals surface area contributed by atoms with Gasteiger partial charge in [0.05, 0.1) is 4.90 Å². The lowest BCUT2D eigenvalue weighted by molar-refractivity contribution is 0.575. The highest BCUT2D eigenvalue weighted by Crippen LogP contribution is 2.34. The molecule has 1 atom stereocenters. The first-order valence-electron chi connectivity index (χ1n) is 5.77. The molecule has 2 nitrogen and oxygen atoms in total. The minimum atomic E-state index is -0.203. The van der Waals surface area contributed by atoms with E-state index in [9.17, 15) is 4.39 Å². The Kier molecular flexibility index (Phi) is 4.33. The van der Waals surface area contributed by atoms with E-state index in [1.54, 1.807) is 12.3 Å².